The van der Waals surface area contributed by atoms with Crippen LogP contribution in [0.4, 0.5) is 5.69 Å². The molecule has 0 aliphatic heterocycles. The van der Waals surface area contributed by atoms with Gasteiger partial charge in [0.25, 0.3) is 11.6 Å². The van der Waals surface area contributed by atoms with Gasteiger partial charge in [-0.15, -0.1) is 0 Å². The fourth-order valence-corrected chi connectivity index (χ4v) is 2.76. The molecule has 0 atom stereocenters. The number of nitro groups is 1. The molecule has 0 unspecified atom stereocenters. The third-order valence-electron chi connectivity index (χ3n) is 4.20. The van der Waals surface area contributed by atoms with Crippen molar-refractivity contribution < 1.29 is 9.72 Å². The lowest BCUT2D eigenvalue weighted by atomic mass is 10.1. The minimum Gasteiger partial charge on any atom is -0.332 e. The summed E-state index contributed by atoms with van der Waals surface area (Å²) in [6.45, 7) is 0.903. The van der Waals surface area contributed by atoms with E-state index in [2.05, 4.69) is 4.98 Å². The van der Waals surface area contributed by atoms with Crippen LogP contribution in [0, 0.1) is 10.1 Å². The van der Waals surface area contributed by atoms with Crippen LogP contribution < -0.4 is 0 Å². The van der Waals surface area contributed by atoms with E-state index in [0.717, 1.165) is 11.3 Å². The number of rotatable bonds is 7. The van der Waals surface area contributed by atoms with Crippen LogP contribution >= 0.6 is 0 Å². The molecule has 6 heteroatoms. The van der Waals surface area contributed by atoms with Gasteiger partial charge in [-0.2, -0.15) is 0 Å². The van der Waals surface area contributed by atoms with Gasteiger partial charge in [-0.1, -0.05) is 36.4 Å². The van der Waals surface area contributed by atoms with E-state index < -0.39 is 4.92 Å². The van der Waals surface area contributed by atoms with Crippen LogP contribution in [-0.2, 0) is 13.0 Å². The van der Waals surface area contributed by atoms with E-state index in [-0.39, 0.29) is 11.6 Å². The summed E-state index contributed by atoms with van der Waals surface area (Å²) in [6.07, 6.45) is 2.41. The number of carbonyl (C=O) groups is 1. The van der Waals surface area contributed by atoms with E-state index in [1.54, 1.807) is 11.1 Å². The normalized spacial score (nSPS) is 10.4. The maximum absolute atomic E-state index is 13.0. The summed E-state index contributed by atoms with van der Waals surface area (Å²) in [5, 5.41) is 10.8. The minimum atomic E-state index is -0.477. The van der Waals surface area contributed by atoms with Crippen molar-refractivity contribution in [2.75, 3.05) is 6.54 Å². The number of carbonyl (C=O) groups excluding carboxylic acids is 1. The first-order valence-electron chi connectivity index (χ1n) is 8.61. The lowest BCUT2D eigenvalue weighted by molar-refractivity contribution is -0.384. The molecule has 1 heterocycles. The summed E-state index contributed by atoms with van der Waals surface area (Å²) >= 11 is 0. The molecule has 3 rings (SSSR count). The smallest absolute Gasteiger partial charge is 0.269 e. The van der Waals surface area contributed by atoms with E-state index in [0.29, 0.717) is 25.1 Å². The van der Waals surface area contributed by atoms with Crippen molar-refractivity contribution in [2.45, 2.75) is 13.0 Å². The zero-order valence-corrected chi connectivity index (χ0v) is 14.7. The van der Waals surface area contributed by atoms with Gasteiger partial charge >= 0.3 is 0 Å². The third-order valence-corrected chi connectivity index (χ3v) is 4.20. The van der Waals surface area contributed by atoms with Gasteiger partial charge < -0.3 is 4.90 Å². The van der Waals surface area contributed by atoms with Crippen LogP contribution in [0.5, 0.6) is 0 Å². The van der Waals surface area contributed by atoms with E-state index in [1.807, 2.05) is 48.5 Å². The molecule has 0 bridgehead atoms. The molecule has 136 valence electrons. The van der Waals surface area contributed by atoms with E-state index in [4.69, 9.17) is 0 Å². The monoisotopic (exact) mass is 361 g/mol. The highest BCUT2D eigenvalue weighted by Gasteiger charge is 2.18. The first-order chi connectivity index (χ1) is 13.1. The van der Waals surface area contributed by atoms with Crippen LogP contribution in [0.15, 0.2) is 79.0 Å². The van der Waals surface area contributed by atoms with Gasteiger partial charge in [0.1, 0.15) is 0 Å². The van der Waals surface area contributed by atoms with Gasteiger partial charge in [0.2, 0.25) is 0 Å². The molecular weight excluding hydrogens is 342 g/mol. The molecule has 0 saturated heterocycles. The van der Waals surface area contributed by atoms with Crippen molar-refractivity contribution in [1.29, 1.82) is 0 Å². The average molecular weight is 361 g/mol. The summed E-state index contributed by atoms with van der Waals surface area (Å²) < 4.78 is 0. The van der Waals surface area contributed by atoms with Gasteiger partial charge in [0.05, 0.1) is 17.2 Å². The maximum atomic E-state index is 13.0. The summed E-state index contributed by atoms with van der Waals surface area (Å²) in [5.74, 6) is -0.175. The third kappa shape index (κ3) is 4.98. The number of amides is 1. The van der Waals surface area contributed by atoms with Gasteiger partial charge in [-0.25, -0.2) is 0 Å². The van der Waals surface area contributed by atoms with Crippen molar-refractivity contribution in [2.24, 2.45) is 0 Å². The number of nitro benzene ring substituents is 1. The van der Waals surface area contributed by atoms with E-state index in [9.17, 15) is 14.9 Å². The number of hydrogen-bond donors (Lipinski definition) is 0. The van der Waals surface area contributed by atoms with E-state index >= 15 is 0 Å². The molecule has 0 saturated carbocycles. The molecule has 27 heavy (non-hydrogen) atoms. The maximum Gasteiger partial charge on any atom is 0.269 e. The Morgan fingerprint density at radius 2 is 1.67 bits per heavy atom. The Labute approximate surface area is 157 Å². The number of pyridine rings is 1. The number of benzene rings is 2. The number of nitrogens with zero attached hydrogens (tertiary/aromatic N) is 3. The van der Waals surface area contributed by atoms with Crippen molar-refractivity contribution in [3.63, 3.8) is 0 Å². The zero-order chi connectivity index (χ0) is 19.1. The minimum absolute atomic E-state index is 0.0351. The summed E-state index contributed by atoms with van der Waals surface area (Å²) in [4.78, 5) is 29.3. The molecule has 0 radical (unpaired) electrons. The predicted octanol–water partition coefficient (Wildman–Crippen LogP) is 3.87. The molecular formula is C21H19N3O3. The van der Waals surface area contributed by atoms with Crippen molar-refractivity contribution in [3.05, 3.63) is 106 Å². The second-order valence-electron chi connectivity index (χ2n) is 6.09. The Balaban J connectivity index is 1.78. The van der Waals surface area contributed by atoms with Gasteiger partial charge in [-0.05, 0) is 36.2 Å². The zero-order valence-electron chi connectivity index (χ0n) is 14.7. The number of non-ortho nitro benzene ring substituents is 1. The fraction of sp³-hybridized carbons (Fsp3) is 0.143. The van der Waals surface area contributed by atoms with Crippen molar-refractivity contribution >= 4 is 11.6 Å². The summed E-state index contributed by atoms with van der Waals surface area (Å²) in [7, 11) is 0. The van der Waals surface area contributed by atoms with Crippen LogP contribution in [0.3, 0.4) is 0 Å². The largest absolute Gasteiger partial charge is 0.332 e. The molecule has 2 aromatic carbocycles. The molecule has 1 amide bonds. The average Bonchev–Trinajstić information content (AvgIpc) is 2.72. The summed E-state index contributed by atoms with van der Waals surface area (Å²) in [6, 6.07) is 21.2. The Morgan fingerprint density at radius 3 is 2.30 bits per heavy atom. The lowest BCUT2D eigenvalue weighted by Crippen LogP contribution is -2.32. The Morgan fingerprint density at radius 1 is 0.963 bits per heavy atom. The van der Waals surface area contributed by atoms with Gasteiger partial charge in [-0.3, -0.25) is 19.9 Å². The second kappa shape index (κ2) is 8.71. The molecule has 0 fully saturated rings. The first-order valence-corrected chi connectivity index (χ1v) is 8.61. The molecule has 1 aromatic heterocycles. The number of hydrogen-bond acceptors (Lipinski definition) is 4. The molecule has 0 aliphatic rings. The molecule has 6 nitrogen and oxygen atoms in total. The Hall–Kier alpha value is -3.54. The first kappa shape index (κ1) is 18.3. The van der Waals surface area contributed by atoms with Crippen LogP contribution in [0.1, 0.15) is 21.6 Å². The molecule has 0 aliphatic carbocycles. The SMILES string of the molecule is O=C(c1ccc([N+](=O)[O-])cc1)N(CCc1ccccc1)Cc1ccccn1. The van der Waals surface area contributed by atoms with Crippen LogP contribution in [0.25, 0.3) is 0 Å². The topological polar surface area (TPSA) is 76.3 Å². The fourth-order valence-electron chi connectivity index (χ4n) is 2.76. The second-order valence-corrected chi connectivity index (χ2v) is 6.09. The van der Waals surface area contributed by atoms with E-state index in [1.165, 1.54) is 24.3 Å². The van der Waals surface area contributed by atoms with Gasteiger partial charge in [0.15, 0.2) is 0 Å². The van der Waals surface area contributed by atoms with Gasteiger partial charge in [0, 0.05) is 30.4 Å². The lowest BCUT2D eigenvalue weighted by Gasteiger charge is -2.22. The Bertz CT molecular complexity index is 897. The highest BCUT2D eigenvalue weighted by molar-refractivity contribution is 5.94. The predicted molar refractivity (Wildman–Crippen MR) is 102 cm³/mol. The summed E-state index contributed by atoms with van der Waals surface area (Å²) in [5.41, 5.74) is 2.32. The Kier molecular flexibility index (Phi) is 5.89. The van der Waals surface area contributed by atoms with Crippen molar-refractivity contribution in [3.8, 4) is 0 Å². The quantitative estimate of drug-likeness (QED) is 0.473. The molecule has 0 spiro atoms. The molecule has 0 N–H and O–H groups in total. The van der Waals surface area contributed by atoms with Crippen molar-refractivity contribution in [1.82, 2.24) is 9.88 Å². The molecule has 3 aromatic rings. The highest BCUT2D eigenvalue weighted by atomic mass is 16.6. The number of aromatic nitrogens is 1. The van der Waals surface area contributed by atoms with Crippen LogP contribution in [0.2, 0.25) is 0 Å². The standard InChI is InChI=1S/C21H19N3O3/c25-21(18-9-11-20(12-10-18)24(26)27)23(16-19-8-4-5-14-22-19)15-13-17-6-2-1-3-7-17/h1-12,14H,13,15-16H2. The highest BCUT2D eigenvalue weighted by Crippen LogP contribution is 2.15. The van der Waals surface area contributed by atoms with Crippen LogP contribution in [-0.4, -0.2) is 27.3 Å².